The highest BCUT2D eigenvalue weighted by Gasteiger charge is 2.33. The standard InChI is InChI=1S/C14H14F4N4/c1-3-19-13-21-11(14(16,17)18)7-12(22-13)20-10-6-4-5-9(15)8(10)2/h4-7H,3H2,1-2H3,(H2,19,20,21,22). The van der Waals surface area contributed by atoms with Crippen molar-refractivity contribution in [3.63, 3.8) is 0 Å². The molecule has 0 amide bonds. The molecule has 0 aliphatic rings. The molecule has 0 aliphatic carbocycles. The molecule has 0 aliphatic heterocycles. The van der Waals surface area contributed by atoms with Gasteiger partial charge in [0, 0.05) is 23.9 Å². The summed E-state index contributed by atoms with van der Waals surface area (Å²) in [5.74, 6) is -0.664. The molecule has 1 heterocycles. The van der Waals surface area contributed by atoms with Crippen molar-refractivity contribution in [1.82, 2.24) is 9.97 Å². The van der Waals surface area contributed by atoms with Gasteiger partial charge >= 0.3 is 6.18 Å². The first-order chi connectivity index (χ1) is 10.3. The predicted molar refractivity (Wildman–Crippen MR) is 75.6 cm³/mol. The lowest BCUT2D eigenvalue weighted by molar-refractivity contribution is -0.141. The Morgan fingerprint density at radius 2 is 1.91 bits per heavy atom. The average molecular weight is 314 g/mol. The fourth-order valence-corrected chi connectivity index (χ4v) is 1.77. The van der Waals surface area contributed by atoms with E-state index < -0.39 is 17.7 Å². The van der Waals surface area contributed by atoms with Gasteiger partial charge in [0.15, 0.2) is 5.69 Å². The zero-order valence-corrected chi connectivity index (χ0v) is 11.9. The van der Waals surface area contributed by atoms with Gasteiger partial charge in [-0.2, -0.15) is 18.2 Å². The first-order valence-corrected chi connectivity index (χ1v) is 6.53. The Balaban J connectivity index is 2.41. The molecule has 118 valence electrons. The van der Waals surface area contributed by atoms with Crippen LogP contribution in [-0.4, -0.2) is 16.5 Å². The Hall–Kier alpha value is -2.38. The van der Waals surface area contributed by atoms with E-state index in [1.54, 1.807) is 13.0 Å². The van der Waals surface area contributed by atoms with Crippen LogP contribution in [0, 0.1) is 12.7 Å². The highest BCUT2D eigenvalue weighted by molar-refractivity contribution is 5.61. The van der Waals surface area contributed by atoms with Crippen LogP contribution in [0.5, 0.6) is 0 Å². The quantitative estimate of drug-likeness (QED) is 0.834. The number of benzene rings is 1. The molecule has 1 aromatic heterocycles. The number of alkyl halides is 3. The second kappa shape index (κ2) is 6.17. The van der Waals surface area contributed by atoms with Gasteiger partial charge in [-0.1, -0.05) is 6.07 Å². The van der Waals surface area contributed by atoms with Gasteiger partial charge in [0.25, 0.3) is 0 Å². The fraction of sp³-hybridized carbons (Fsp3) is 0.286. The molecule has 0 atom stereocenters. The summed E-state index contributed by atoms with van der Waals surface area (Å²) in [5, 5.41) is 5.33. The zero-order valence-electron chi connectivity index (χ0n) is 11.9. The molecule has 0 saturated heterocycles. The number of halogens is 4. The molecule has 8 heteroatoms. The van der Waals surface area contributed by atoms with Gasteiger partial charge in [-0.15, -0.1) is 0 Å². The maximum atomic E-state index is 13.5. The summed E-state index contributed by atoms with van der Waals surface area (Å²) in [7, 11) is 0. The monoisotopic (exact) mass is 314 g/mol. The van der Waals surface area contributed by atoms with Crippen molar-refractivity contribution in [2.24, 2.45) is 0 Å². The van der Waals surface area contributed by atoms with Gasteiger partial charge in [0.1, 0.15) is 11.6 Å². The number of anilines is 3. The summed E-state index contributed by atoms with van der Waals surface area (Å²) >= 11 is 0. The van der Waals surface area contributed by atoms with Crippen molar-refractivity contribution >= 4 is 17.5 Å². The summed E-state index contributed by atoms with van der Waals surface area (Å²) < 4.78 is 52.1. The minimum absolute atomic E-state index is 0.0630. The molecule has 0 radical (unpaired) electrons. The predicted octanol–water partition coefficient (Wildman–Crippen LogP) is 4.12. The van der Waals surface area contributed by atoms with Crippen LogP contribution < -0.4 is 10.6 Å². The Morgan fingerprint density at radius 1 is 1.18 bits per heavy atom. The van der Waals surface area contributed by atoms with Gasteiger partial charge in [-0.25, -0.2) is 9.37 Å². The molecule has 2 N–H and O–H groups in total. The van der Waals surface area contributed by atoms with Crippen molar-refractivity contribution in [2.75, 3.05) is 17.2 Å². The first kappa shape index (κ1) is 16.0. The average Bonchev–Trinajstić information content (AvgIpc) is 2.43. The van der Waals surface area contributed by atoms with E-state index in [0.717, 1.165) is 6.07 Å². The lowest BCUT2D eigenvalue weighted by atomic mass is 10.2. The van der Waals surface area contributed by atoms with Crippen molar-refractivity contribution in [3.05, 3.63) is 41.3 Å². The minimum Gasteiger partial charge on any atom is -0.354 e. The SMILES string of the molecule is CCNc1nc(Nc2cccc(F)c2C)cc(C(F)(F)F)n1. The minimum atomic E-state index is -4.60. The summed E-state index contributed by atoms with van der Waals surface area (Å²) in [6.45, 7) is 3.61. The maximum Gasteiger partial charge on any atom is 0.433 e. The van der Waals surface area contributed by atoms with Crippen molar-refractivity contribution < 1.29 is 17.6 Å². The number of hydrogen-bond donors (Lipinski definition) is 2. The molecular formula is C14H14F4N4. The third kappa shape index (κ3) is 3.63. The van der Waals surface area contributed by atoms with Crippen LogP contribution in [0.15, 0.2) is 24.3 Å². The van der Waals surface area contributed by atoms with Crippen LogP contribution in [-0.2, 0) is 6.18 Å². The zero-order chi connectivity index (χ0) is 16.3. The van der Waals surface area contributed by atoms with Gasteiger partial charge in [0.05, 0.1) is 0 Å². The molecule has 1 aromatic carbocycles. The topological polar surface area (TPSA) is 49.8 Å². The van der Waals surface area contributed by atoms with Crippen LogP contribution in [0.25, 0.3) is 0 Å². The summed E-state index contributed by atoms with van der Waals surface area (Å²) in [5.41, 5.74) is -0.441. The molecule has 0 spiro atoms. The number of hydrogen-bond acceptors (Lipinski definition) is 4. The lowest BCUT2D eigenvalue weighted by Crippen LogP contribution is -2.13. The van der Waals surface area contributed by atoms with E-state index in [0.29, 0.717) is 17.8 Å². The van der Waals surface area contributed by atoms with E-state index in [1.807, 2.05) is 0 Å². The van der Waals surface area contributed by atoms with Crippen molar-refractivity contribution in [2.45, 2.75) is 20.0 Å². The molecule has 2 rings (SSSR count). The third-order valence-corrected chi connectivity index (χ3v) is 2.88. The van der Waals surface area contributed by atoms with E-state index in [2.05, 4.69) is 20.6 Å². The van der Waals surface area contributed by atoms with Gasteiger partial charge in [-0.05, 0) is 26.0 Å². The second-order valence-corrected chi connectivity index (χ2v) is 4.53. The molecule has 0 fully saturated rings. The smallest absolute Gasteiger partial charge is 0.354 e. The third-order valence-electron chi connectivity index (χ3n) is 2.88. The maximum absolute atomic E-state index is 13.5. The van der Waals surface area contributed by atoms with E-state index in [4.69, 9.17) is 0 Å². The Morgan fingerprint density at radius 3 is 2.55 bits per heavy atom. The normalized spacial score (nSPS) is 11.4. The van der Waals surface area contributed by atoms with E-state index >= 15 is 0 Å². The molecule has 4 nitrogen and oxygen atoms in total. The van der Waals surface area contributed by atoms with Gasteiger partial charge in [-0.3, -0.25) is 0 Å². The van der Waals surface area contributed by atoms with E-state index in [-0.39, 0.29) is 11.8 Å². The molecular weight excluding hydrogens is 300 g/mol. The highest BCUT2D eigenvalue weighted by atomic mass is 19.4. The van der Waals surface area contributed by atoms with Crippen molar-refractivity contribution in [3.8, 4) is 0 Å². The van der Waals surface area contributed by atoms with Gasteiger partial charge < -0.3 is 10.6 Å². The Labute approximate surface area is 124 Å². The molecule has 0 saturated carbocycles. The Kier molecular flexibility index (Phi) is 4.48. The van der Waals surface area contributed by atoms with E-state index in [9.17, 15) is 17.6 Å². The number of nitrogens with zero attached hydrogens (tertiary/aromatic N) is 2. The number of rotatable bonds is 4. The van der Waals surface area contributed by atoms with Gasteiger partial charge in [0.2, 0.25) is 5.95 Å². The fourth-order valence-electron chi connectivity index (χ4n) is 1.77. The summed E-state index contributed by atoms with van der Waals surface area (Å²) in [6.07, 6.45) is -4.60. The van der Waals surface area contributed by atoms with Crippen LogP contribution in [0.2, 0.25) is 0 Å². The molecule has 0 unspecified atom stereocenters. The van der Waals surface area contributed by atoms with Crippen LogP contribution in [0.3, 0.4) is 0 Å². The molecule has 22 heavy (non-hydrogen) atoms. The molecule has 0 bridgehead atoms. The number of aromatic nitrogens is 2. The highest BCUT2D eigenvalue weighted by Crippen LogP contribution is 2.31. The summed E-state index contributed by atoms with van der Waals surface area (Å²) in [6, 6.07) is 5.07. The number of nitrogens with one attached hydrogen (secondary N) is 2. The van der Waals surface area contributed by atoms with E-state index in [1.165, 1.54) is 19.1 Å². The summed E-state index contributed by atoms with van der Waals surface area (Å²) in [4.78, 5) is 7.36. The first-order valence-electron chi connectivity index (χ1n) is 6.53. The Bertz CT molecular complexity index is 670. The second-order valence-electron chi connectivity index (χ2n) is 4.53. The van der Waals surface area contributed by atoms with Crippen LogP contribution in [0.4, 0.5) is 35.0 Å². The molecule has 2 aromatic rings. The van der Waals surface area contributed by atoms with Crippen LogP contribution in [0.1, 0.15) is 18.2 Å². The lowest BCUT2D eigenvalue weighted by Gasteiger charge is -2.13. The van der Waals surface area contributed by atoms with Crippen molar-refractivity contribution in [1.29, 1.82) is 0 Å². The largest absolute Gasteiger partial charge is 0.433 e. The van der Waals surface area contributed by atoms with Crippen LogP contribution >= 0.6 is 0 Å².